The SMILES string of the molecule is C=CS(=O)(=O)CS(=O)(=O)CC. The quantitative estimate of drug-likeness (QED) is 0.634. The van der Waals surface area contributed by atoms with E-state index < -0.39 is 24.8 Å². The van der Waals surface area contributed by atoms with Gasteiger partial charge in [-0.2, -0.15) is 0 Å². The van der Waals surface area contributed by atoms with Crippen LogP contribution in [-0.2, 0) is 19.7 Å². The molecular weight excluding hydrogens is 188 g/mol. The van der Waals surface area contributed by atoms with E-state index in [-0.39, 0.29) is 5.75 Å². The highest BCUT2D eigenvalue weighted by Gasteiger charge is 2.16. The Morgan fingerprint density at radius 2 is 1.73 bits per heavy atom. The van der Waals surface area contributed by atoms with Gasteiger partial charge in [0, 0.05) is 11.2 Å². The summed E-state index contributed by atoms with van der Waals surface area (Å²) in [5, 5.41) is -0.180. The van der Waals surface area contributed by atoms with Crippen LogP contribution in [-0.4, -0.2) is 27.7 Å². The van der Waals surface area contributed by atoms with Crippen LogP contribution in [0, 0.1) is 0 Å². The van der Waals surface area contributed by atoms with E-state index in [1.807, 2.05) is 0 Å². The van der Waals surface area contributed by atoms with Crippen LogP contribution >= 0.6 is 0 Å². The van der Waals surface area contributed by atoms with Crippen molar-refractivity contribution < 1.29 is 16.8 Å². The van der Waals surface area contributed by atoms with Gasteiger partial charge in [0.25, 0.3) is 0 Å². The second kappa shape index (κ2) is 3.36. The third kappa shape index (κ3) is 4.15. The van der Waals surface area contributed by atoms with Gasteiger partial charge in [-0.1, -0.05) is 13.5 Å². The standard InChI is InChI=1S/C5H10O4S2/c1-3-10(6,7)5-11(8,9)4-2/h3H,1,4-5H2,2H3. The van der Waals surface area contributed by atoms with Crippen LogP contribution < -0.4 is 0 Å². The average Bonchev–Trinajstić information content (AvgIpc) is 1.86. The molecule has 0 heterocycles. The molecule has 0 saturated carbocycles. The highest BCUT2D eigenvalue weighted by Crippen LogP contribution is 1.98. The number of rotatable bonds is 4. The van der Waals surface area contributed by atoms with E-state index in [2.05, 4.69) is 6.58 Å². The van der Waals surface area contributed by atoms with E-state index in [4.69, 9.17) is 0 Å². The maximum Gasteiger partial charge on any atom is 0.185 e. The van der Waals surface area contributed by atoms with E-state index in [0.29, 0.717) is 5.41 Å². The van der Waals surface area contributed by atoms with Gasteiger partial charge in [0.1, 0.15) is 0 Å². The van der Waals surface area contributed by atoms with Gasteiger partial charge in [-0.15, -0.1) is 0 Å². The lowest BCUT2D eigenvalue weighted by Crippen LogP contribution is -2.15. The molecule has 0 aliphatic rings. The van der Waals surface area contributed by atoms with Gasteiger partial charge in [0.2, 0.25) is 0 Å². The van der Waals surface area contributed by atoms with Crippen molar-refractivity contribution >= 4 is 19.7 Å². The third-order valence-corrected chi connectivity index (χ3v) is 5.18. The lowest BCUT2D eigenvalue weighted by Gasteiger charge is -1.97. The molecule has 0 unspecified atom stereocenters. The maximum absolute atomic E-state index is 10.7. The Labute approximate surface area is 66.8 Å². The van der Waals surface area contributed by atoms with Gasteiger partial charge < -0.3 is 0 Å². The predicted molar refractivity (Wildman–Crippen MR) is 43.4 cm³/mol. The monoisotopic (exact) mass is 198 g/mol. The van der Waals surface area contributed by atoms with Gasteiger partial charge in [-0.3, -0.25) is 0 Å². The molecule has 0 fully saturated rings. The first kappa shape index (κ1) is 10.6. The van der Waals surface area contributed by atoms with E-state index >= 15 is 0 Å². The Kier molecular flexibility index (Phi) is 3.25. The molecule has 0 radical (unpaired) electrons. The van der Waals surface area contributed by atoms with E-state index in [9.17, 15) is 16.8 Å². The summed E-state index contributed by atoms with van der Waals surface area (Å²) in [4.78, 5) is 0. The number of hydrogen-bond acceptors (Lipinski definition) is 4. The van der Waals surface area contributed by atoms with Gasteiger partial charge in [0.15, 0.2) is 24.8 Å². The molecule has 0 amide bonds. The molecule has 0 aromatic rings. The molecule has 0 aliphatic heterocycles. The second-order valence-corrected chi connectivity index (χ2v) is 6.65. The minimum atomic E-state index is -3.61. The van der Waals surface area contributed by atoms with Gasteiger partial charge in [-0.25, -0.2) is 16.8 Å². The van der Waals surface area contributed by atoms with E-state index in [1.165, 1.54) is 6.92 Å². The Morgan fingerprint density at radius 3 is 2.00 bits per heavy atom. The first-order chi connectivity index (χ1) is 4.83. The maximum atomic E-state index is 10.7. The van der Waals surface area contributed by atoms with Crippen molar-refractivity contribution in [3.8, 4) is 0 Å². The van der Waals surface area contributed by atoms with Crippen molar-refractivity contribution in [3.05, 3.63) is 12.0 Å². The van der Waals surface area contributed by atoms with Crippen molar-refractivity contribution in [3.63, 3.8) is 0 Å². The summed E-state index contributed by atoms with van der Waals surface area (Å²) in [5.41, 5.74) is 0. The van der Waals surface area contributed by atoms with Crippen molar-refractivity contribution in [2.45, 2.75) is 6.92 Å². The van der Waals surface area contributed by atoms with Crippen LogP contribution in [0.4, 0.5) is 0 Å². The molecule has 0 bridgehead atoms. The minimum absolute atomic E-state index is 0.167. The minimum Gasteiger partial charge on any atom is -0.228 e. The zero-order chi connectivity index (χ0) is 9.12. The number of hydrogen-bond donors (Lipinski definition) is 0. The Bertz CT molecular complexity index is 321. The van der Waals surface area contributed by atoms with Gasteiger partial charge in [0.05, 0.1) is 0 Å². The smallest absolute Gasteiger partial charge is 0.185 e. The van der Waals surface area contributed by atoms with Gasteiger partial charge in [-0.05, 0) is 0 Å². The van der Waals surface area contributed by atoms with Crippen molar-refractivity contribution in [2.75, 3.05) is 10.8 Å². The van der Waals surface area contributed by atoms with Crippen LogP contribution in [0.15, 0.2) is 12.0 Å². The molecular formula is C5H10O4S2. The molecule has 11 heavy (non-hydrogen) atoms. The topological polar surface area (TPSA) is 68.3 Å². The molecule has 66 valence electrons. The largest absolute Gasteiger partial charge is 0.228 e. The molecule has 0 N–H and O–H groups in total. The first-order valence-electron chi connectivity index (χ1n) is 2.88. The fraction of sp³-hybridized carbons (Fsp3) is 0.600. The summed E-state index contributed by atoms with van der Waals surface area (Å²) < 4.78 is 42.8. The zero-order valence-corrected chi connectivity index (χ0v) is 7.78. The first-order valence-corrected chi connectivity index (χ1v) is 6.42. The summed E-state index contributed by atoms with van der Waals surface area (Å²) in [7, 11) is -7.06. The van der Waals surface area contributed by atoms with E-state index in [0.717, 1.165) is 0 Å². The summed E-state index contributed by atoms with van der Waals surface area (Å²) >= 11 is 0. The summed E-state index contributed by atoms with van der Waals surface area (Å²) in [6, 6.07) is 0. The highest BCUT2D eigenvalue weighted by atomic mass is 32.3. The fourth-order valence-corrected chi connectivity index (χ4v) is 3.44. The lowest BCUT2D eigenvalue weighted by atomic mass is 11.0. The molecule has 0 atom stereocenters. The van der Waals surface area contributed by atoms with Crippen LogP contribution in [0.2, 0.25) is 0 Å². The summed E-state index contributed by atoms with van der Waals surface area (Å²) in [6.07, 6.45) is 0. The van der Waals surface area contributed by atoms with Crippen molar-refractivity contribution in [1.82, 2.24) is 0 Å². The predicted octanol–water partition coefficient (Wildman–Crippen LogP) is -0.0631. The molecule has 4 nitrogen and oxygen atoms in total. The summed E-state index contributed by atoms with van der Waals surface area (Å²) in [6.45, 7) is 4.40. The second-order valence-electron chi connectivity index (χ2n) is 1.98. The van der Waals surface area contributed by atoms with Crippen molar-refractivity contribution in [2.24, 2.45) is 0 Å². The molecule has 0 aromatic heterocycles. The Balaban J connectivity index is 4.67. The summed E-state index contributed by atoms with van der Waals surface area (Å²) in [5.74, 6) is -0.167. The molecule has 6 heteroatoms. The molecule has 0 aromatic carbocycles. The molecule has 0 spiro atoms. The zero-order valence-electron chi connectivity index (χ0n) is 6.15. The van der Waals surface area contributed by atoms with Crippen LogP contribution in [0.25, 0.3) is 0 Å². The molecule has 0 rings (SSSR count). The van der Waals surface area contributed by atoms with Crippen LogP contribution in [0.3, 0.4) is 0 Å². The van der Waals surface area contributed by atoms with Crippen LogP contribution in [0.5, 0.6) is 0 Å². The average molecular weight is 198 g/mol. The third-order valence-electron chi connectivity index (χ3n) is 1.04. The highest BCUT2D eigenvalue weighted by molar-refractivity contribution is 8.09. The lowest BCUT2D eigenvalue weighted by molar-refractivity contribution is 0.593. The van der Waals surface area contributed by atoms with Crippen LogP contribution in [0.1, 0.15) is 6.92 Å². The molecule has 0 saturated heterocycles. The van der Waals surface area contributed by atoms with Gasteiger partial charge >= 0.3 is 0 Å². The fourth-order valence-electron chi connectivity index (χ4n) is 0.382. The molecule has 0 aliphatic carbocycles. The van der Waals surface area contributed by atoms with Crippen molar-refractivity contribution in [1.29, 1.82) is 0 Å². The Hall–Kier alpha value is -0.360. The normalized spacial score (nSPS) is 12.8. The Morgan fingerprint density at radius 1 is 1.27 bits per heavy atom. The number of sulfone groups is 2. The van der Waals surface area contributed by atoms with E-state index in [1.54, 1.807) is 0 Å².